The number of carbonyl (C=O) groups is 2. The smallest absolute Gasteiger partial charge is 0.298 e. The van der Waals surface area contributed by atoms with Crippen LogP contribution in [0.3, 0.4) is 0 Å². The van der Waals surface area contributed by atoms with Crippen molar-refractivity contribution in [1.82, 2.24) is 15.6 Å². The second kappa shape index (κ2) is 7.35. The van der Waals surface area contributed by atoms with Crippen molar-refractivity contribution in [3.05, 3.63) is 24.3 Å². The fourth-order valence-electron chi connectivity index (χ4n) is 3.79. The molecule has 2 N–H and O–H groups in total. The van der Waals surface area contributed by atoms with E-state index in [4.69, 9.17) is 4.42 Å². The molecule has 2 aliphatic heterocycles. The number of carbonyl (C=O) groups excluding carboxylic acids is 2. The van der Waals surface area contributed by atoms with Gasteiger partial charge in [0.05, 0.1) is 6.04 Å². The van der Waals surface area contributed by atoms with E-state index in [1.165, 1.54) is 0 Å². The number of aromatic nitrogens is 1. The summed E-state index contributed by atoms with van der Waals surface area (Å²) in [4.78, 5) is 30.6. The molecule has 4 rings (SSSR count). The third-order valence-corrected chi connectivity index (χ3v) is 5.22. The largest absolute Gasteiger partial charge is 0.423 e. The van der Waals surface area contributed by atoms with E-state index >= 15 is 0 Å². The highest BCUT2D eigenvalue weighted by atomic mass is 16.4. The molecule has 0 aliphatic carbocycles. The summed E-state index contributed by atoms with van der Waals surface area (Å²) in [5.74, 6) is -0.136. The van der Waals surface area contributed by atoms with Gasteiger partial charge in [-0.3, -0.25) is 9.59 Å². The topological polar surface area (TPSA) is 87.5 Å². The summed E-state index contributed by atoms with van der Waals surface area (Å²) in [6.07, 6.45) is 5.17. The predicted molar refractivity (Wildman–Crippen MR) is 97.8 cm³/mol. The summed E-state index contributed by atoms with van der Waals surface area (Å²) in [5.41, 5.74) is 1.63. The van der Waals surface area contributed by atoms with E-state index in [0.717, 1.165) is 43.3 Å². The Bertz CT molecular complexity index is 770. The van der Waals surface area contributed by atoms with Gasteiger partial charge in [-0.2, -0.15) is 4.98 Å². The number of fused-ring (bicyclic) bond motifs is 1. The Balaban J connectivity index is 1.42. The Morgan fingerprint density at radius 2 is 2.15 bits per heavy atom. The first-order valence-electron chi connectivity index (χ1n) is 9.40. The van der Waals surface area contributed by atoms with Crippen molar-refractivity contribution in [2.24, 2.45) is 0 Å². The summed E-state index contributed by atoms with van der Waals surface area (Å²) in [5, 5.41) is 5.78. The van der Waals surface area contributed by atoms with Gasteiger partial charge in [-0.25, -0.2) is 0 Å². The molecule has 2 aromatic rings. The maximum absolute atomic E-state index is 12.4. The normalized spacial score (nSPS) is 23.7. The Kier molecular flexibility index (Phi) is 4.77. The first kappa shape index (κ1) is 16.9. The predicted octanol–water partition coefficient (Wildman–Crippen LogP) is 1.97. The lowest BCUT2D eigenvalue weighted by molar-refractivity contribution is -0.131. The minimum Gasteiger partial charge on any atom is -0.423 e. The van der Waals surface area contributed by atoms with Crippen LogP contribution in [-0.4, -0.2) is 42.0 Å². The zero-order chi connectivity index (χ0) is 17.9. The molecular formula is C19H24N4O3. The molecule has 2 atom stereocenters. The minimum absolute atomic E-state index is 0.0397. The highest BCUT2D eigenvalue weighted by Gasteiger charge is 2.29. The molecule has 1 aromatic carbocycles. The molecule has 0 spiro atoms. The van der Waals surface area contributed by atoms with E-state index < -0.39 is 6.04 Å². The van der Waals surface area contributed by atoms with Gasteiger partial charge >= 0.3 is 0 Å². The molecule has 3 heterocycles. The fraction of sp³-hybridized carbons (Fsp3) is 0.526. The fourth-order valence-corrected chi connectivity index (χ4v) is 3.79. The average Bonchev–Trinajstić information content (AvgIpc) is 3.10. The van der Waals surface area contributed by atoms with Crippen molar-refractivity contribution in [3.8, 4) is 0 Å². The lowest BCUT2D eigenvalue weighted by Crippen LogP contribution is -2.53. The first-order valence-corrected chi connectivity index (χ1v) is 9.40. The molecule has 0 radical (unpaired) electrons. The monoisotopic (exact) mass is 356 g/mol. The maximum atomic E-state index is 12.4. The average molecular weight is 356 g/mol. The lowest BCUT2D eigenvalue weighted by atomic mass is 10.0. The number of nitrogens with one attached hydrogen (secondary N) is 2. The Labute approximate surface area is 152 Å². The van der Waals surface area contributed by atoms with Crippen LogP contribution >= 0.6 is 0 Å². The standard InChI is InChI=1S/C19H24N4O3/c24-17-10-5-8-15(21-17)18(25)20-12-13-6-3-4-11-23(13)19-22-14-7-1-2-9-16(14)26-19/h1-2,7,9,13,15H,3-6,8,10-12H2,(H,20,25)(H,21,24)/t13-,15+/m0/s1. The van der Waals surface area contributed by atoms with Crippen molar-refractivity contribution < 1.29 is 14.0 Å². The molecule has 0 unspecified atom stereocenters. The summed E-state index contributed by atoms with van der Waals surface area (Å²) in [6.45, 7) is 1.40. The van der Waals surface area contributed by atoms with Gasteiger partial charge in [-0.05, 0) is 44.2 Å². The van der Waals surface area contributed by atoms with Crippen LogP contribution in [0, 0.1) is 0 Å². The van der Waals surface area contributed by atoms with Crippen molar-refractivity contribution in [2.45, 2.75) is 50.6 Å². The van der Waals surface area contributed by atoms with Gasteiger partial charge in [0, 0.05) is 19.5 Å². The van der Waals surface area contributed by atoms with Crippen LogP contribution in [-0.2, 0) is 9.59 Å². The number of benzene rings is 1. The third kappa shape index (κ3) is 3.52. The van der Waals surface area contributed by atoms with Crippen LogP contribution in [0.25, 0.3) is 11.1 Å². The maximum Gasteiger partial charge on any atom is 0.298 e. The molecule has 2 aliphatic rings. The van der Waals surface area contributed by atoms with Crippen molar-refractivity contribution in [2.75, 3.05) is 18.0 Å². The first-order chi connectivity index (χ1) is 12.7. The molecule has 7 heteroatoms. The molecule has 26 heavy (non-hydrogen) atoms. The number of para-hydroxylation sites is 2. The molecule has 0 bridgehead atoms. The number of nitrogens with zero attached hydrogens (tertiary/aromatic N) is 2. The number of oxazole rings is 1. The number of amides is 2. The number of hydrogen-bond donors (Lipinski definition) is 2. The SMILES string of the molecule is O=C1CCC[C@H](C(=O)NC[C@@H]2CCCCN2c2nc3ccccc3o2)N1. The van der Waals surface area contributed by atoms with Gasteiger partial charge in [0.1, 0.15) is 11.6 Å². The molecule has 2 amide bonds. The second-order valence-electron chi connectivity index (χ2n) is 7.06. The number of piperidine rings is 2. The summed E-state index contributed by atoms with van der Waals surface area (Å²) < 4.78 is 5.92. The zero-order valence-corrected chi connectivity index (χ0v) is 14.7. The highest BCUT2D eigenvalue weighted by Crippen LogP contribution is 2.27. The zero-order valence-electron chi connectivity index (χ0n) is 14.7. The number of rotatable bonds is 4. The van der Waals surface area contributed by atoms with Gasteiger partial charge in [0.25, 0.3) is 6.01 Å². The molecular weight excluding hydrogens is 332 g/mol. The van der Waals surface area contributed by atoms with Gasteiger partial charge < -0.3 is 20.0 Å². The molecule has 0 saturated carbocycles. The van der Waals surface area contributed by atoms with Crippen LogP contribution in [0.5, 0.6) is 0 Å². The second-order valence-corrected chi connectivity index (χ2v) is 7.06. The molecule has 138 valence electrons. The van der Waals surface area contributed by atoms with Crippen LogP contribution in [0.1, 0.15) is 38.5 Å². The van der Waals surface area contributed by atoms with E-state index in [9.17, 15) is 9.59 Å². The van der Waals surface area contributed by atoms with Crippen molar-refractivity contribution in [1.29, 1.82) is 0 Å². The summed E-state index contributed by atoms with van der Waals surface area (Å²) >= 11 is 0. The quantitative estimate of drug-likeness (QED) is 0.875. The van der Waals surface area contributed by atoms with Crippen LogP contribution in [0.2, 0.25) is 0 Å². The summed E-state index contributed by atoms with van der Waals surface area (Å²) in [6, 6.07) is 8.10. The van der Waals surface area contributed by atoms with Crippen molar-refractivity contribution >= 4 is 28.9 Å². The Morgan fingerprint density at radius 1 is 1.27 bits per heavy atom. The van der Waals surface area contributed by atoms with E-state index in [-0.39, 0.29) is 17.9 Å². The molecule has 2 saturated heterocycles. The minimum atomic E-state index is -0.405. The van der Waals surface area contributed by atoms with Crippen molar-refractivity contribution in [3.63, 3.8) is 0 Å². The summed E-state index contributed by atoms with van der Waals surface area (Å²) in [7, 11) is 0. The van der Waals surface area contributed by atoms with Crippen LogP contribution in [0.15, 0.2) is 28.7 Å². The number of hydrogen-bond acceptors (Lipinski definition) is 5. The van der Waals surface area contributed by atoms with Crippen LogP contribution in [0.4, 0.5) is 6.01 Å². The number of anilines is 1. The van der Waals surface area contributed by atoms with E-state index in [0.29, 0.717) is 25.4 Å². The lowest BCUT2D eigenvalue weighted by Gasteiger charge is -2.35. The van der Waals surface area contributed by atoms with Crippen LogP contribution < -0.4 is 15.5 Å². The van der Waals surface area contributed by atoms with E-state index in [1.54, 1.807) is 0 Å². The highest BCUT2D eigenvalue weighted by molar-refractivity contribution is 5.88. The van der Waals surface area contributed by atoms with Gasteiger partial charge in [-0.1, -0.05) is 12.1 Å². The van der Waals surface area contributed by atoms with Gasteiger partial charge in [-0.15, -0.1) is 0 Å². The Morgan fingerprint density at radius 3 is 3.00 bits per heavy atom. The van der Waals surface area contributed by atoms with Gasteiger partial charge in [0.2, 0.25) is 11.8 Å². The van der Waals surface area contributed by atoms with Gasteiger partial charge in [0.15, 0.2) is 5.58 Å². The van der Waals surface area contributed by atoms with E-state index in [1.807, 2.05) is 24.3 Å². The molecule has 2 fully saturated rings. The van der Waals surface area contributed by atoms with E-state index in [2.05, 4.69) is 20.5 Å². The molecule has 1 aromatic heterocycles. The Hall–Kier alpha value is -2.57. The third-order valence-electron chi connectivity index (χ3n) is 5.22. The molecule has 7 nitrogen and oxygen atoms in total.